The maximum Gasteiger partial charge on any atom is 0.209 e. The number of rotatable bonds is 5. The van der Waals surface area contributed by atoms with Gasteiger partial charge < -0.3 is 15.5 Å². The molecule has 3 aromatic rings. The minimum atomic E-state index is -0.0936. The Morgan fingerprint density at radius 3 is 2.54 bits per heavy atom. The average Bonchev–Trinajstić information content (AvgIpc) is 3.17. The van der Waals surface area contributed by atoms with Crippen molar-refractivity contribution >= 4 is 11.5 Å². The molecule has 5 heteroatoms. The van der Waals surface area contributed by atoms with Crippen LogP contribution >= 0.6 is 0 Å². The van der Waals surface area contributed by atoms with Gasteiger partial charge in [-0.15, -0.1) is 0 Å². The molecule has 0 radical (unpaired) electrons. The highest BCUT2D eigenvalue weighted by Gasteiger charge is 2.17. The van der Waals surface area contributed by atoms with Gasteiger partial charge in [0.15, 0.2) is 0 Å². The van der Waals surface area contributed by atoms with Crippen molar-refractivity contribution in [2.24, 2.45) is 0 Å². The van der Waals surface area contributed by atoms with Crippen molar-refractivity contribution in [3.8, 4) is 11.8 Å². The quantitative estimate of drug-likeness (QED) is 0.542. The van der Waals surface area contributed by atoms with Crippen LogP contribution in [0.1, 0.15) is 45.7 Å². The molecule has 0 spiro atoms. The largest absolute Gasteiger partial charge is 0.497 e. The number of nitrogens with zero attached hydrogens (tertiary/aromatic N) is 1. The third-order valence-electron chi connectivity index (χ3n) is 4.44. The van der Waals surface area contributed by atoms with Gasteiger partial charge in [0.25, 0.3) is 0 Å². The molecule has 3 N–H and O–H groups in total. The lowest BCUT2D eigenvalue weighted by molar-refractivity contribution is 0.103. The predicted molar refractivity (Wildman–Crippen MR) is 100 cm³/mol. The Hall–Kier alpha value is -3.52. The van der Waals surface area contributed by atoms with Gasteiger partial charge in [0.05, 0.1) is 24.4 Å². The van der Waals surface area contributed by atoms with E-state index in [0.29, 0.717) is 28.3 Å². The number of benzene rings is 2. The lowest BCUT2D eigenvalue weighted by atomic mass is 9.93. The van der Waals surface area contributed by atoms with Crippen LogP contribution in [-0.2, 0) is 0 Å². The fraction of sp³-hybridized carbons (Fsp3) is 0.143. The first kappa shape index (κ1) is 17.3. The summed E-state index contributed by atoms with van der Waals surface area (Å²) < 4.78 is 5.12. The first-order valence-electron chi connectivity index (χ1n) is 8.20. The molecule has 1 atom stereocenters. The number of nitrogen functional groups attached to an aromatic ring is 1. The maximum atomic E-state index is 12.6. The summed E-state index contributed by atoms with van der Waals surface area (Å²) in [6, 6.07) is 18.1. The number of hydrogen-bond acceptors (Lipinski definition) is 4. The summed E-state index contributed by atoms with van der Waals surface area (Å²) in [4.78, 5) is 15.8. The molecule has 0 aliphatic rings. The molecule has 2 aromatic carbocycles. The van der Waals surface area contributed by atoms with Crippen LogP contribution in [0.4, 0.5) is 5.69 Å². The third-order valence-corrected chi connectivity index (χ3v) is 4.44. The van der Waals surface area contributed by atoms with Crippen LogP contribution in [0.3, 0.4) is 0 Å². The van der Waals surface area contributed by atoms with Crippen molar-refractivity contribution in [2.75, 3.05) is 12.8 Å². The Morgan fingerprint density at radius 1 is 1.15 bits per heavy atom. The lowest BCUT2D eigenvalue weighted by Crippen LogP contribution is -2.04. The average molecular weight is 345 g/mol. The first-order valence-corrected chi connectivity index (χ1v) is 8.20. The molecule has 0 amide bonds. The first-order chi connectivity index (χ1) is 12.5. The number of aromatic nitrogens is 1. The van der Waals surface area contributed by atoms with Crippen LogP contribution in [0.2, 0.25) is 0 Å². The normalized spacial score (nSPS) is 11.6. The highest BCUT2D eigenvalue weighted by Crippen LogP contribution is 2.28. The molecule has 5 nitrogen and oxygen atoms in total. The number of ketones is 1. The summed E-state index contributed by atoms with van der Waals surface area (Å²) in [6.07, 6.45) is 0. The minimum Gasteiger partial charge on any atom is -0.497 e. The molecule has 130 valence electrons. The van der Waals surface area contributed by atoms with Gasteiger partial charge in [-0.25, -0.2) is 0 Å². The van der Waals surface area contributed by atoms with Gasteiger partial charge in [-0.1, -0.05) is 13.0 Å². The standard InChI is InChI=1S/C21H19N3O2/c1-13(18-8-5-16(23)11-15(18)12-22)19-9-10-20(24-19)21(25)14-3-6-17(26-2)7-4-14/h3-11,13,24H,23H2,1-2H3. The zero-order valence-electron chi connectivity index (χ0n) is 14.6. The van der Waals surface area contributed by atoms with Crippen LogP contribution in [0.5, 0.6) is 5.75 Å². The predicted octanol–water partition coefficient (Wildman–Crippen LogP) is 3.86. The number of anilines is 1. The topological polar surface area (TPSA) is 91.9 Å². The van der Waals surface area contributed by atoms with Gasteiger partial charge in [-0.2, -0.15) is 5.26 Å². The summed E-state index contributed by atoms with van der Waals surface area (Å²) >= 11 is 0. The van der Waals surface area contributed by atoms with Crippen LogP contribution in [0.15, 0.2) is 54.6 Å². The molecule has 0 saturated carbocycles. The van der Waals surface area contributed by atoms with Gasteiger partial charge in [-0.05, 0) is 54.1 Å². The van der Waals surface area contributed by atoms with Gasteiger partial charge >= 0.3 is 0 Å². The van der Waals surface area contributed by atoms with E-state index < -0.39 is 0 Å². The van der Waals surface area contributed by atoms with E-state index in [0.717, 1.165) is 11.3 Å². The van der Waals surface area contributed by atoms with E-state index in [1.54, 1.807) is 49.6 Å². The summed E-state index contributed by atoms with van der Waals surface area (Å²) in [5.74, 6) is 0.543. The zero-order valence-corrected chi connectivity index (χ0v) is 14.6. The number of methoxy groups -OCH3 is 1. The van der Waals surface area contributed by atoms with Crippen molar-refractivity contribution in [1.82, 2.24) is 4.98 Å². The third kappa shape index (κ3) is 3.31. The smallest absolute Gasteiger partial charge is 0.209 e. The molecule has 1 heterocycles. The molecule has 1 aromatic heterocycles. The Kier molecular flexibility index (Phi) is 4.76. The minimum absolute atomic E-state index is 0.0670. The molecule has 0 bridgehead atoms. The Morgan fingerprint density at radius 2 is 1.88 bits per heavy atom. The number of nitrogens with one attached hydrogen (secondary N) is 1. The number of H-pyrrole nitrogens is 1. The van der Waals surface area contributed by atoms with E-state index in [1.807, 2.05) is 19.1 Å². The second-order valence-corrected chi connectivity index (χ2v) is 6.07. The van der Waals surface area contributed by atoms with Gasteiger partial charge in [0.2, 0.25) is 5.78 Å². The monoisotopic (exact) mass is 345 g/mol. The van der Waals surface area contributed by atoms with Gasteiger partial charge in [-0.3, -0.25) is 4.79 Å². The van der Waals surface area contributed by atoms with Crippen LogP contribution in [0.25, 0.3) is 0 Å². The molecule has 0 aliphatic carbocycles. The number of nitriles is 1. The molecule has 0 saturated heterocycles. The number of nitrogens with two attached hydrogens (primary N) is 1. The van der Waals surface area contributed by atoms with Crippen LogP contribution < -0.4 is 10.5 Å². The van der Waals surface area contributed by atoms with Crippen molar-refractivity contribution < 1.29 is 9.53 Å². The fourth-order valence-electron chi connectivity index (χ4n) is 2.91. The molecular weight excluding hydrogens is 326 g/mol. The number of hydrogen-bond donors (Lipinski definition) is 2. The van der Waals surface area contributed by atoms with Crippen LogP contribution in [-0.4, -0.2) is 17.9 Å². The second kappa shape index (κ2) is 7.16. The van der Waals surface area contributed by atoms with E-state index in [2.05, 4.69) is 11.1 Å². The maximum absolute atomic E-state index is 12.6. The van der Waals surface area contributed by atoms with Crippen molar-refractivity contribution in [1.29, 1.82) is 5.26 Å². The van der Waals surface area contributed by atoms with Gasteiger partial charge in [0, 0.05) is 22.9 Å². The van der Waals surface area contributed by atoms with Crippen molar-refractivity contribution in [3.05, 3.63) is 82.7 Å². The lowest BCUT2D eigenvalue weighted by Gasteiger charge is -2.12. The summed E-state index contributed by atoms with van der Waals surface area (Å²) in [5, 5.41) is 9.34. The van der Waals surface area contributed by atoms with Gasteiger partial charge in [0.1, 0.15) is 5.75 Å². The van der Waals surface area contributed by atoms with E-state index in [-0.39, 0.29) is 11.7 Å². The van der Waals surface area contributed by atoms with E-state index in [4.69, 9.17) is 10.5 Å². The number of carbonyl (C=O) groups excluding carboxylic acids is 1. The fourth-order valence-corrected chi connectivity index (χ4v) is 2.91. The van der Waals surface area contributed by atoms with E-state index in [1.165, 1.54) is 0 Å². The Labute approximate surface area is 152 Å². The highest BCUT2D eigenvalue weighted by atomic mass is 16.5. The molecule has 0 aliphatic heterocycles. The summed E-state index contributed by atoms with van der Waals surface area (Å²) in [6.45, 7) is 1.99. The SMILES string of the molecule is COc1ccc(C(=O)c2ccc(C(C)c3ccc(N)cc3C#N)[nH]2)cc1. The molecule has 26 heavy (non-hydrogen) atoms. The number of carbonyl (C=O) groups is 1. The second-order valence-electron chi connectivity index (χ2n) is 6.07. The van der Waals surface area contributed by atoms with Crippen LogP contribution in [0, 0.1) is 11.3 Å². The highest BCUT2D eigenvalue weighted by molar-refractivity contribution is 6.07. The number of aromatic amines is 1. The van der Waals surface area contributed by atoms with E-state index in [9.17, 15) is 10.1 Å². The van der Waals surface area contributed by atoms with E-state index >= 15 is 0 Å². The molecule has 3 rings (SSSR count). The zero-order chi connectivity index (χ0) is 18.7. The van der Waals surface area contributed by atoms with Crippen molar-refractivity contribution in [3.63, 3.8) is 0 Å². The number of ether oxygens (including phenoxy) is 1. The summed E-state index contributed by atoms with van der Waals surface area (Å²) in [7, 11) is 1.59. The Balaban J connectivity index is 1.87. The summed E-state index contributed by atoms with van der Waals surface area (Å²) in [5.41, 5.74) is 9.67. The molecule has 1 unspecified atom stereocenters. The molecular formula is C21H19N3O2. The Bertz CT molecular complexity index is 981. The molecule has 0 fully saturated rings. The van der Waals surface area contributed by atoms with Crippen molar-refractivity contribution in [2.45, 2.75) is 12.8 Å².